The molecule has 0 fully saturated rings. The number of nitrogens with zero attached hydrogens (tertiary/aromatic N) is 3. The molecule has 1 aliphatic rings. The van der Waals surface area contributed by atoms with E-state index in [1.807, 2.05) is 0 Å². The summed E-state index contributed by atoms with van der Waals surface area (Å²) in [6.07, 6.45) is -1.36. The third kappa shape index (κ3) is 2.87. The van der Waals surface area contributed by atoms with Gasteiger partial charge in [0.2, 0.25) is 0 Å². The number of fused-ring (bicyclic) bond motifs is 1. The Morgan fingerprint density at radius 3 is 2.77 bits per heavy atom. The van der Waals surface area contributed by atoms with E-state index in [0.717, 1.165) is 18.0 Å². The second-order valence-electron chi connectivity index (χ2n) is 4.95. The van der Waals surface area contributed by atoms with Crippen LogP contribution in [0.25, 0.3) is 0 Å². The minimum Gasteiger partial charge on any atom is -0.376 e. The van der Waals surface area contributed by atoms with Gasteiger partial charge in [0.15, 0.2) is 0 Å². The summed E-state index contributed by atoms with van der Waals surface area (Å²) in [5, 5.41) is 0. The van der Waals surface area contributed by atoms with Gasteiger partial charge in [0.25, 0.3) is 5.56 Å². The summed E-state index contributed by atoms with van der Waals surface area (Å²) < 4.78 is 44.0. The lowest BCUT2D eigenvalue weighted by Gasteiger charge is -2.16. The van der Waals surface area contributed by atoms with Crippen molar-refractivity contribution in [2.45, 2.75) is 25.7 Å². The molecule has 0 bridgehead atoms. The molecule has 0 saturated heterocycles. The number of ether oxygens (including phenoxy) is 1. The molecule has 116 valence electrons. The second-order valence-corrected chi connectivity index (χ2v) is 4.95. The minimum atomic E-state index is -4.47. The maximum atomic E-state index is 12.5. The molecule has 0 saturated carbocycles. The SMILES string of the molecule is O=c1c2c(ncn1Cc1ccc(C(F)(F)F)nc1)CCOC2. The summed E-state index contributed by atoms with van der Waals surface area (Å²) in [6, 6.07) is 2.20. The predicted octanol–water partition coefficient (Wildman–Crippen LogP) is 1.78. The van der Waals surface area contributed by atoms with Gasteiger partial charge in [0.1, 0.15) is 5.69 Å². The highest BCUT2D eigenvalue weighted by molar-refractivity contribution is 5.20. The first-order chi connectivity index (χ1) is 10.4. The Kier molecular flexibility index (Phi) is 3.69. The third-order valence-corrected chi connectivity index (χ3v) is 3.42. The lowest BCUT2D eigenvalue weighted by molar-refractivity contribution is -0.141. The topological polar surface area (TPSA) is 57.0 Å². The van der Waals surface area contributed by atoms with Crippen LogP contribution in [0.3, 0.4) is 0 Å². The Bertz CT molecular complexity index is 738. The summed E-state index contributed by atoms with van der Waals surface area (Å²) in [6.45, 7) is 0.865. The summed E-state index contributed by atoms with van der Waals surface area (Å²) in [5.74, 6) is 0. The Morgan fingerprint density at radius 2 is 2.09 bits per heavy atom. The highest BCUT2D eigenvalue weighted by atomic mass is 19.4. The van der Waals surface area contributed by atoms with Crippen LogP contribution in [0.2, 0.25) is 0 Å². The van der Waals surface area contributed by atoms with Gasteiger partial charge in [-0.05, 0) is 11.6 Å². The first-order valence-electron chi connectivity index (χ1n) is 6.62. The molecule has 0 aliphatic carbocycles. The predicted molar refractivity (Wildman–Crippen MR) is 70.2 cm³/mol. The summed E-state index contributed by atoms with van der Waals surface area (Å²) in [4.78, 5) is 19.9. The zero-order valence-electron chi connectivity index (χ0n) is 11.4. The summed E-state index contributed by atoms with van der Waals surface area (Å²) >= 11 is 0. The molecule has 3 rings (SSSR count). The summed E-state index contributed by atoms with van der Waals surface area (Å²) in [5.41, 5.74) is 0.533. The van der Waals surface area contributed by atoms with E-state index in [2.05, 4.69) is 9.97 Å². The van der Waals surface area contributed by atoms with Crippen LogP contribution < -0.4 is 5.56 Å². The Balaban J connectivity index is 1.86. The summed E-state index contributed by atoms with van der Waals surface area (Å²) in [7, 11) is 0. The van der Waals surface area contributed by atoms with Crippen LogP contribution in [-0.2, 0) is 30.5 Å². The van der Waals surface area contributed by atoms with Gasteiger partial charge in [-0.2, -0.15) is 13.2 Å². The highest BCUT2D eigenvalue weighted by Gasteiger charge is 2.32. The van der Waals surface area contributed by atoms with Crippen molar-refractivity contribution in [3.63, 3.8) is 0 Å². The molecule has 0 spiro atoms. The van der Waals surface area contributed by atoms with Gasteiger partial charge >= 0.3 is 6.18 Å². The number of aromatic nitrogens is 3. The molecular formula is C14H12F3N3O2. The van der Waals surface area contributed by atoms with E-state index in [1.165, 1.54) is 17.0 Å². The quantitative estimate of drug-likeness (QED) is 0.848. The van der Waals surface area contributed by atoms with Gasteiger partial charge in [0.05, 0.1) is 37.3 Å². The lowest BCUT2D eigenvalue weighted by atomic mass is 10.1. The van der Waals surface area contributed by atoms with Crippen LogP contribution in [0, 0.1) is 0 Å². The molecule has 1 aliphatic heterocycles. The van der Waals surface area contributed by atoms with Gasteiger partial charge < -0.3 is 4.74 Å². The Labute approximate surface area is 123 Å². The van der Waals surface area contributed by atoms with Gasteiger partial charge in [-0.25, -0.2) is 4.98 Å². The molecule has 5 nitrogen and oxygen atoms in total. The molecule has 0 N–H and O–H groups in total. The van der Waals surface area contributed by atoms with Crippen molar-refractivity contribution >= 4 is 0 Å². The van der Waals surface area contributed by atoms with Crippen molar-refractivity contribution in [2.24, 2.45) is 0 Å². The van der Waals surface area contributed by atoms with E-state index in [0.29, 0.717) is 24.2 Å². The molecule has 0 amide bonds. The normalized spacial score (nSPS) is 14.7. The number of rotatable bonds is 2. The van der Waals surface area contributed by atoms with Crippen molar-refractivity contribution in [3.8, 4) is 0 Å². The van der Waals surface area contributed by atoms with E-state index >= 15 is 0 Å². The van der Waals surface area contributed by atoms with Crippen LogP contribution in [-0.4, -0.2) is 21.1 Å². The van der Waals surface area contributed by atoms with E-state index in [1.54, 1.807) is 0 Å². The zero-order chi connectivity index (χ0) is 15.7. The Hall–Kier alpha value is -2.22. The van der Waals surface area contributed by atoms with Crippen molar-refractivity contribution in [1.29, 1.82) is 0 Å². The van der Waals surface area contributed by atoms with E-state index in [4.69, 9.17) is 4.74 Å². The average molecular weight is 311 g/mol. The molecule has 2 aromatic rings. The molecule has 2 aromatic heterocycles. The van der Waals surface area contributed by atoms with Gasteiger partial charge in [-0.15, -0.1) is 0 Å². The fraction of sp³-hybridized carbons (Fsp3) is 0.357. The van der Waals surface area contributed by atoms with Crippen LogP contribution >= 0.6 is 0 Å². The van der Waals surface area contributed by atoms with Gasteiger partial charge in [-0.3, -0.25) is 14.3 Å². The van der Waals surface area contributed by atoms with Crippen LogP contribution in [0.5, 0.6) is 0 Å². The van der Waals surface area contributed by atoms with Gasteiger partial charge in [0, 0.05) is 12.6 Å². The number of pyridine rings is 1. The lowest BCUT2D eigenvalue weighted by Crippen LogP contribution is -2.30. The van der Waals surface area contributed by atoms with E-state index in [-0.39, 0.29) is 18.7 Å². The smallest absolute Gasteiger partial charge is 0.376 e. The molecule has 3 heterocycles. The number of hydrogen-bond donors (Lipinski definition) is 0. The van der Waals surface area contributed by atoms with Crippen LogP contribution in [0.4, 0.5) is 13.2 Å². The molecule has 22 heavy (non-hydrogen) atoms. The third-order valence-electron chi connectivity index (χ3n) is 3.42. The largest absolute Gasteiger partial charge is 0.433 e. The van der Waals surface area contributed by atoms with Crippen LogP contribution in [0.15, 0.2) is 29.5 Å². The van der Waals surface area contributed by atoms with E-state index in [9.17, 15) is 18.0 Å². The molecule has 8 heteroatoms. The first kappa shape index (κ1) is 14.7. The number of halogens is 3. The molecule has 0 radical (unpaired) electrons. The zero-order valence-corrected chi connectivity index (χ0v) is 11.4. The van der Waals surface area contributed by atoms with Crippen LogP contribution in [0.1, 0.15) is 22.5 Å². The average Bonchev–Trinajstić information content (AvgIpc) is 2.50. The highest BCUT2D eigenvalue weighted by Crippen LogP contribution is 2.27. The van der Waals surface area contributed by atoms with Crippen molar-refractivity contribution in [2.75, 3.05) is 6.61 Å². The van der Waals surface area contributed by atoms with E-state index < -0.39 is 11.9 Å². The van der Waals surface area contributed by atoms with Crippen molar-refractivity contribution in [3.05, 3.63) is 57.5 Å². The maximum absolute atomic E-state index is 12.5. The standard InChI is InChI=1S/C14H12F3N3O2/c15-14(16,17)12-2-1-9(5-18-12)6-20-8-19-11-3-4-22-7-10(11)13(20)21/h1-2,5,8H,3-4,6-7H2. The maximum Gasteiger partial charge on any atom is 0.433 e. The Morgan fingerprint density at radius 1 is 1.27 bits per heavy atom. The molecular weight excluding hydrogens is 299 g/mol. The monoisotopic (exact) mass is 311 g/mol. The molecule has 0 aromatic carbocycles. The fourth-order valence-electron chi connectivity index (χ4n) is 2.27. The van der Waals surface area contributed by atoms with Crippen molar-refractivity contribution in [1.82, 2.24) is 14.5 Å². The van der Waals surface area contributed by atoms with Gasteiger partial charge in [-0.1, -0.05) is 6.07 Å². The first-order valence-corrected chi connectivity index (χ1v) is 6.62. The molecule has 0 unspecified atom stereocenters. The minimum absolute atomic E-state index is 0.115. The number of alkyl halides is 3. The van der Waals surface area contributed by atoms with Crippen molar-refractivity contribution < 1.29 is 17.9 Å². The molecule has 0 atom stereocenters. The number of hydrogen-bond acceptors (Lipinski definition) is 4. The fourth-order valence-corrected chi connectivity index (χ4v) is 2.27. The second kappa shape index (κ2) is 5.53.